The van der Waals surface area contributed by atoms with E-state index in [1.807, 2.05) is 30.3 Å². The number of hydrogen-bond donors (Lipinski definition) is 0. The molecule has 0 N–H and O–H groups in total. The standard InChI is InChI=1S/C25H18N2O4S2/c1-26-22-15-14-17(16-21(22)20-10-4-6-12-24(20)32(26,28)29)27-23-11-5-2-8-18(23)19-9-3-7-13-25(19)33(27,30)31/h2-16H,1H3. The molecule has 0 aliphatic carbocycles. The van der Waals surface area contributed by atoms with E-state index in [-0.39, 0.29) is 9.79 Å². The lowest BCUT2D eigenvalue weighted by Gasteiger charge is -2.34. The molecule has 4 aromatic carbocycles. The van der Waals surface area contributed by atoms with Crippen molar-refractivity contribution in [2.75, 3.05) is 15.7 Å². The Kier molecular flexibility index (Phi) is 4.06. The summed E-state index contributed by atoms with van der Waals surface area (Å²) in [5, 5.41) is 0. The summed E-state index contributed by atoms with van der Waals surface area (Å²) in [7, 11) is -6.06. The van der Waals surface area contributed by atoms with E-state index in [0.717, 1.165) is 5.56 Å². The summed E-state index contributed by atoms with van der Waals surface area (Å²) in [5.74, 6) is 0. The zero-order chi connectivity index (χ0) is 23.0. The van der Waals surface area contributed by atoms with Crippen LogP contribution in [0.1, 0.15) is 0 Å². The van der Waals surface area contributed by atoms with Crippen LogP contribution >= 0.6 is 0 Å². The summed E-state index contributed by atoms with van der Waals surface area (Å²) in [4.78, 5) is 0.436. The maximum atomic E-state index is 13.8. The molecule has 33 heavy (non-hydrogen) atoms. The number of sulfonamides is 2. The molecule has 8 heteroatoms. The molecule has 6 nitrogen and oxygen atoms in total. The molecule has 0 aromatic heterocycles. The summed E-state index contributed by atoms with van der Waals surface area (Å²) in [6.45, 7) is 0. The molecule has 0 bridgehead atoms. The Hall–Kier alpha value is -3.62. The van der Waals surface area contributed by atoms with Crippen LogP contribution in [-0.2, 0) is 20.0 Å². The maximum absolute atomic E-state index is 13.8. The fourth-order valence-corrected chi connectivity index (χ4v) is 7.76. The Morgan fingerprint density at radius 1 is 0.545 bits per heavy atom. The zero-order valence-corrected chi connectivity index (χ0v) is 19.1. The number of nitrogens with zero attached hydrogens (tertiary/aromatic N) is 2. The molecule has 0 radical (unpaired) electrons. The molecule has 0 atom stereocenters. The average molecular weight is 475 g/mol. The lowest BCUT2D eigenvalue weighted by Crippen LogP contribution is -2.32. The minimum absolute atomic E-state index is 0.199. The minimum Gasteiger partial charge on any atom is -0.269 e. The molecule has 0 saturated heterocycles. The molecule has 2 aliphatic heterocycles. The van der Waals surface area contributed by atoms with Gasteiger partial charge in [-0.15, -0.1) is 0 Å². The van der Waals surface area contributed by atoms with Gasteiger partial charge in [0, 0.05) is 29.3 Å². The monoisotopic (exact) mass is 474 g/mol. The molecule has 0 unspecified atom stereocenters. The quantitative estimate of drug-likeness (QED) is 0.389. The first-order valence-electron chi connectivity index (χ1n) is 10.3. The van der Waals surface area contributed by atoms with E-state index in [0.29, 0.717) is 33.8 Å². The van der Waals surface area contributed by atoms with Crippen LogP contribution in [-0.4, -0.2) is 23.9 Å². The van der Waals surface area contributed by atoms with Crippen LogP contribution in [0.2, 0.25) is 0 Å². The zero-order valence-electron chi connectivity index (χ0n) is 17.5. The smallest absolute Gasteiger partial charge is 0.269 e. The fraction of sp³-hybridized carbons (Fsp3) is 0.0400. The summed E-state index contributed by atoms with van der Waals surface area (Å²) in [5.41, 5.74) is 4.20. The molecule has 0 amide bonds. The van der Waals surface area contributed by atoms with Crippen molar-refractivity contribution in [2.45, 2.75) is 9.79 Å². The van der Waals surface area contributed by atoms with Crippen LogP contribution in [0.4, 0.5) is 17.1 Å². The predicted molar refractivity (Wildman–Crippen MR) is 129 cm³/mol. The molecule has 164 valence electrons. The molecule has 0 saturated carbocycles. The highest BCUT2D eigenvalue weighted by Gasteiger charge is 2.37. The Balaban J connectivity index is 1.63. The average Bonchev–Trinajstić information content (AvgIpc) is 2.83. The molecule has 2 aliphatic rings. The van der Waals surface area contributed by atoms with Crippen LogP contribution < -0.4 is 8.61 Å². The van der Waals surface area contributed by atoms with Gasteiger partial charge < -0.3 is 0 Å². The molecule has 2 heterocycles. The van der Waals surface area contributed by atoms with Crippen LogP contribution in [0, 0.1) is 0 Å². The molecule has 4 aromatic rings. The van der Waals surface area contributed by atoms with Crippen LogP contribution in [0.15, 0.2) is 101 Å². The van der Waals surface area contributed by atoms with Crippen molar-refractivity contribution in [3.8, 4) is 22.3 Å². The first kappa shape index (κ1) is 20.0. The van der Waals surface area contributed by atoms with Crippen molar-refractivity contribution >= 4 is 37.1 Å². The third-order valence-corrected chi connectivity index (χ3v) is 9.82. The number of rotatable bonds is 1. The van der Waals surface area contributed by atoms with E-state index in [1.54, 1.807) is 60.7 Å². The summed E-state index contributed by atoms with van der Waals surface area (Å²) in [6, 6.07) is 26.2. The second kappa shape index (κ2) is 6.69. The third-order valence-electron chi connectivity index (χ3n) is 6.19. The van der Waals surface area contributed by atoms with E-state index in [1.165, 1.54) is 15.7 Å². The van der Waals surface area contributed by atoms with E-state index in [9.17, 15) is 16.8 Å². The van der Waals surface area contributed by atoms with Gasteiger partial charge in [-0.1, -0.05) is 54.6 Å². The molecular weight excluding hydrogens is 456 g/mol. The summed E-state index contributed by atoms with van der Waals surface area (Å²) in [6.07, 6.45) is 0. The SMILES string of the molecule is CN1c2ccc(N3c4ccccc4-c4ccccc4S3(=O)=O)cc2-c2ccccc2S1(=O)=O. The van der Waals surface area contributed by atoms with Gasteiger partial charge in [0.25, 0.3) is 20.0 Å². The fourth-order valence-electron chi connectivity index (χ4n) is 4.63. The van der Waals surface area contributed by atoms with Crippen molar-refractivity contribution in [3.63, 3.8) is 0 Å². The molecular formula is C25H18N2O4S2. The van der Waals surface area contributed by atoms with Gasteiger partial charge in [-0.05, 0) is 36.4 Å². The summed E-state index contributed by atoms with van der Waals surface area (Å²) >= 11 is 0. The van der Waals surface area contributed by atoms with E-state index in [2.05, 4.69) is 0 Å². The topological polar surface area (TPSA) is 74.8 Å². The Morgan fingerprint density at radius 3 is 1.79 bits per heavy atom. The first-order valence-corrected chi connectivity index (χ1v) is 13.2. The van der Waals surface area contributed by atoms with Gasteiger partial charge >= 0.3 is 0 Å². The van der Waals surface area contributed by atoms with Crippen molar-refractivity contribution in [3.05, 3.63) is 91.0 Å². The number of para-hydroxylation sites is 1. The van der Waals surface area contributed by atoms with Gasteiger partial charge in [0.05, 0.1) is 26.9 Å². The first-order chi connectivity index (χ1) is 15.8. The van der Waals surface area contributed by atoms with Crippen molar-refractivity contribution in [1.29, 1.82) is 0 Å². The lowest BCUT2D eigenvalue weighted by atomic mass is 10.0. The molecule has 0 fully saturated rings. The second-order valence-electron chi connectivity index (χ2n) is 7.95. The second-order valence-corrected chi connectivity index (χ2v) is 11.6. The highest BCUT2D eigenvalue weighted by Crippen LogP contribution is 2.49. The number of hydrogen-bond acceptors (Lipinski definition) is 4. The number of benzene rings is 4. The van der Waals surface area contributed by atoms with Crippen LogP contribution in [0.3, 0.4) is 0 Å². The molecule has 0 spiro atoms. The lowest BCUT2D eigenvalue weighted by molar-refractivity contribution is 0.592. The molecule has 6 rings (SSSR count). The largest absolute Gasteiger partial charge is 0.269 e. The van der Waals surface area contributed by atoms with E-state index < -0.39 is 20.0 Å². The van der Waals surface area contributed by atoms with Gasteiger partial charge in [0.1, 0.15) is 0 Å². The van der Waals surface area contributed by atoms with Gasteiger partial charge in [0.15, 0.2) is 0 Å². The normalized spacial score (nSPS) is 16.9. The van der Waals surface area contributed by atoms with Gasteiger partial charge in [0.2, 0.25) is 0 Å². The third kappa shape index (κ3) is 2.65. The van der Waals surface area contributed by atoms with Gasteiger partial charge in [-0.3, -0.25) is 4.31 Å². The Labute approximate surface area is 192 Å². The highest BCUT2D eigenvalue weighted by molar-refractivity contribution is 7.93. The Morgan fingerprint density at radius 2 is 1.09 bits per heavy atom. The van der Waals surface area contributed by atoms with Crippen LogP contribution in [0.5, 0.6) is 0 Å². The van der Waals surface area contributed by atoms with Crippen molar-refractivity contribution < 1.29 is 16.8 Å². The predicted octanol–water partition coefficient (Wildman–Crippen LogP) is 5.00. The maximum Gasteiger partial charge on any atom is 0.269 e. The van der Waals surface area contributed by atoms with Crippen LogP contribution in [0.25, 0.3) is 22.3 Å². The van der Waals surface area contributed by atoms with Gasteiger partial charge in [-0.2, -0.15) is 0 Å². The van der Waals surface area contributed by atoms with E-state index in [4.69, 9.17) is 0 Å². The van der Waals surface area contributed by atoms with Crippen molar-refractivity contribution in [2.24, 2.45) is 0 Å². The Bertz CT molecular complexity index is 1680. The summed E-state index contributed by atoms with van der Waals surface area (Å²) < 4.78 is 56.1. The number of anilines is 3. The number of fused-ring (bicyclic) bond motifs is 6. The highest BCUT2D eigenvalue weighted by atomic mass is 32.2. The van der Waals surface area contributed by atoms with Crippen molar-refractivity contribution in [1.82, 2.24) is 0 Å². The van der Waals surface area contributed by atoms with E-state index >= 15 is 0 Å². The van der Waals surface area contributed by atoms with Gasteiger partial charge in [-0.25, -0.2) is 21.1 Å². The minimum atomic E-state index is -3.89.